The van der Waals surface area contributed by atoms with E-state index < -0.39 is 0 Å². The van der Waals surface area contributed by atoms with Crippen LogP contribution in [0, 0.1) is 12.5 Å². The van der Waals surface area contributed by atoms with E-state index in [0.717, 1.165) is 5.92 Å². The predicted molar refractivity (Wildman–Crippen MR) is 44.5 cm³/mol. The second kappa shape index (κ2) is 7.72. The molecule has 1 rings (SSSR count). The molecule has 1 aliphatic rings. The molecule has 0 bridgehead atoms. The minimum atomic E-state index is 0. The third-order valence-electron chi connectivity index (χ3n) is 3.12. The summed E-state index contributed by atoms with van der Waals surface area (Å²) >= 11 is 0. The summed E-state index contributed by atoms with van der Waals surface area (Å²) in [5.41, 5.74) is 0.373. The monoisotopic (exact) mass is 246 g/mol. The minimum absolute atomic E-state index is 0. The first-order valence-corrected chi connectivity index (χ1v) is 4.11. The van der Waals surface area contributed by atoms with Crippen molar-refractivity contribution in [2.45, 2.75) is 39.2 Å². The molecule has 1 heterocycles. The van der Waals surface area contributed by atoms with Gasteiger partial charge < -0.3 is 17.3 Å². The average Bonchev–Trinajstić information content (AvgIpc) is 1.84. The fourth-order valence-electron chi connectivity index (χ4n) is 1.45. The summed E-state index contributed by atoms with van der Waals surface area (Å²) in [6.07, 6.45) is 2.60. The van der Waals surface area contributed by atoms with Crippen LogP contribution in [0.2, 0.25) is 0 Å². The van der Waals surface area contributed by atoms with Crippen molar-refractivity contribution >= 4 is 0 Å². The molecule has 0 aromatic carbocycles. The van der Waals surface area contributed by atoms with Crippen molar-refractivity contribution in [2.24, 2.45) is 5.92 Å². The molecule has 0 radical (unpaired) electrons. The van der Waals surface area contributed by atoms with E-state index in [4.69, 9.17) is 0 Å². The molecule has 0 amide bonds. The Hall–Kier alpha value is 1.47. The van der Waals surface area contributed by atoms with E-state index in [1.165, 1.54) is 12.8 Å². The summed E-state index contributed by atoms with van der Waals surface area (Å²) in [5, 5.41) is 0. The maximum Gasteiger partial charge on any atom is 1.00 e. The molecule has 0 N–H and O–H groups in total. The zero-order chi connectivity index (χ0) is 7.78. The fraction of sp³-hybridized carbons (Fsp3) is 0.889. The Morgan fingerprint density at radius 1 is 1.38 bits per heavy atom. The number of piperidine rings is 1. The van der Waals surface area contributed by atoms with Crippen molar-refractivity contribution in [3.05, 3.63) is 6.54 Å². The van der Waals surface area contributed by atoms with Gasteiger partial charge in [-0.25, -0.2) is 0 Å². The van der Waals surface area contributed by atoms with Gasteiger partial charge in [0, 0.05) is 19.5 Å². The molecular formula is C9H18ClLiNZn-. The maximum absolute atomic E-state index is 2.35. The number of hydrogen-bond acceptors (Lipinski definition) is 1. The van der Waals surface area contributed by atoms with Gasteiger partial charge in [-0.15, -0.1) is 0 Å². The normalized spacial score (nSPS) is 26.3. The van der Waals surface area contributed by atoms with Gasteiger partial charge in [0.15, 0.2) is 0 Å². The molecule has 1 unspecified atom stereocenters. The Kier molecular flexibility index (Phi) is 11.9. The zero-order valence-electron chi connectivity index (χ0n) is 9.60. The molecule has 1 atom stereocenters. The van der Waals surface area contributed by atoms with Crippen LogP contribution in [-0.2, 0) is 19.5 Å². The Balaban J connectivity index is -0.000000333. The van der Waals surface area contributed by atoms with E-state index in [0.29, 0.717) is 5.54 Å². The number of likely N-dealkylation sites (tertiary alicyclic amines) is 1. The van der Waals surface area contributed by atoms with Gasteiger partial charge in [0.05, 0.1) is 0 Å². The number of hydrogen-bond donors (Lipinski definition) is 0. The van der Waals surface area contributed by atoms with E-state index >= 15 is 0 Å². The van der Waals surface area contributed by atoms with Crippen molar-refractivity contribution < 1.29 is 50.7 Å². The quantitative estimate of drug-likeness (QED) is 0.315. The molecule has 0 saturated carbocycles. The Labute approximate surface area is 114 Å². The molecule has 0 aromatic rings. The molecule has 0 aromatic heterocycles. The van der Waals surface area contributed by atoms with Crippen LogP contribution in [-0.4, -0.2) is 17.5 Å². The Bertz CT molecular complexity index is 121. The zero-order valence-corrected chi connectivity index (χ0v) is 13.3. The SMILES string of the molecule is CC1CC[CH-]N(C)C1(C)C.[Cl-].[Li+].[Zn]. The number of halogens is 1. The second-order valence-corrected chi connectivity index (χ2v) is 3.93. The van der Waals surface area contributed by atoms with Crippen LogP contribution in [0.1, 0.15) is 33.6 Å². The molecule has 0 aliphatic carbocycles. The van der Waals surface area contributed by atoms with Crippen molar-refractivity contribution in [1.29, 1.82) is 0 Å². The van der Waals surface area contributed by atoms with Gasteiger partial charge in [0.1, 0.15) is 0 Å². The Morgan fingerprint density at radius 3 is 2.15 bits per heavy atom. The van der Waals surface area contributed by atoms with E-state index in [2.05, 4.69) is 39.3 Å². The van der Waals surface area contributed by atoms with Crippen LogP contribution < -0.4 is 31.3 Å². The second-order valence-electron chi connectivity index (χ2n) is 3.93. The molecule has 1 saturated heterocycles. The van der Waals surface area contributed by atoms with Gasteiger partial charge in [-0.05, 0) is 32.4 Å². The van der Waals surface area contributed by atoms with Crippen molar-refractivity contribution in [1.82, 2.24) is 4.90 Å². The summed E-state index contributed by atoms with van der Waals surface area (Å²) in [5.74, 6) is 0.822. The molecule has 70 valence electrons. The van der Waals surface area contributed by atoms with Crippen molar-refractivity contribution in [2.75, 3.05) is 7.05 Å². The Morgan fingerprint density at radius 2 is 1.85 bits per heavy atom. The smallest absolute Gasteiger partial charge is 1.00 e. The van der Waals surface area contributed by atoms with Crippen LogP contribution in [0.4, 0.5) is 0 Å². The van der Waals surface area contributed by atoms with Gasteiger partial charge in [0.25, 0.3) is 0 Å². The van der Waals surface area contributed by atoms with E-state index in [-0.39, 0.29) is 50.7 Å². The molecule has 4 heteroatoms. The van der Waals surface area contributed by atoms with Crippen LogP contribution in [0.15, 0.2) is 0 Å². The third-order valence-corrected chi connectivity index (χ3v) is 3.12. The summed E-state index contributed by atoms with van der Waals surface area (Å²) < 4.78 is 0. The molecule has 13 heavy (non-hydrogen) atoms. The average molecular weight is 248 g/mol. The van der Waals surface area contributed by atoms with E-state index in [9.17, 15) is 0 Å². The standard InChI is InChI=1S/C9H18N.ClH.Li.Zn/c1-8-6-5-7-10(4)9(8,2)3;;;/h7-8H,5-6H2,1-4H3;1H;;/q-1;;+1;/p-1. The van der Waals surface area contributed by atoms with E-state index in [1.807, 2.05) is 0 Å². The van der Waals surface area contributed by atoms with Crippen LogP contribution in [0.5, 0.6) is 0 Å². The van der Waals surface area contributed by atoms with Crippen molar-refractivity contribution in [3.8, 4) is 0 Å². The van der Waals surface area contributed by atoms with Gasteiger partial charge in [-0.1, -0.05) is 13.3 Å². The first-order chi connectivity index (χ1) is 4.55. The summed E-state index contributed by atoms with van der Waals surface area (Å²) in [6, 6.07) is 0. The minimum Gasteiger partial charge on any atom is -1.00 e. The van der Waals surface area contributed by atoms with Crippen LogP contribution in [0.25, 0.3) is 0 Å². The van der Waals surface area contributed by atoms with Gasteiger partial charge in [-0.3, -0.25) is 6.54 Å². The van der Waals surface area contributed by atoms with Crippen LogP contribution >= 0.6 is 0 Å². The predicted octanol–water partition coefficient (Wildman–Crippen LogP) is -3.71. The number of nitrogens with zero attached hydrogens (tertiary/aromatic N) is 1. The maximum atomic E-state index is 2.35. The molecule has 1 aliphatic heterocycles. The first-order valence-electron chi connectivity index (χ1n) is 4.11. The summed E-state index contributed by atoms with van der Waals surface area (Å²) in [4.78, 5) is 2.35. The van der Waals surface area contributed by atoms with Gasteiger partial charge >= 0.3 is 18.9 Å². The molecule has 0 spiro atoms. The largest absolute Gasteiger partial charge is 1.00 e. The fourth-order valence-corrected chi connectivity index (χ4v) is 1.45. The first kappa shape index (κ1) is 20.0. The third kappa shape index (κ3) is 4.68. The summed E-state index contributed by atoms with van der Waals surface area (Å²) in [6.45, 7) is 9.27. The molecule has 1 fully saturated rings. The topological polar surface area (TPSA) is 3.24 Å². The number of rotatable bonds is 0. The molecule has 1 nitrogen and oxygen atoms in total. The van der Waals surface area contributed by atoms with E-state index in [1.54, 1.807) is 0 Å². The van der Waals surface area contributed by atoms with Gasteiger partial charge in [-0.2, -0.15) is 6.42 Å². The van der Waals surface area contributed by atoms with Gasteiger partial charge in [0.2, 0.25) is 0 Å². The summed E-state index contributed by atoms with van der Waals surface area (Å²) in [7, 11) is 2.18. The van der Waals surface area contributed by atoms with Crippen molar-refractivity contribution in [3.63, 3.8) is 0 Å². The van der Waals surface area contributed by atoms with Crippen LogP contribution in [0.3, 0.4) is 0 Å². The molecular weight excluding hydrogens is 230 g/mol.